The number of benzene rings is 3. The van der Waals surface area contributed by atoms with E-state index in [1.807, 2.05) is 80.6 Å². The van der Waals surface area contributed by atoms with Gasteiger partial charge in [0.05, 0.1) is 0 Å². The van der Waals surface area contributed by atoms with Gasteiger partial charge in [-0.1, -0.05) is 60.7 Å². The monoisotopic (exact) mass is 422 g/mol. The Labute approximate surface area is 188 Å². The molecule has 2 N–H and O–H groups in total. The predicted octanol–water partition coefficient (Wildman–Crippen LogP) is 6.00. The zero-order chi connectivity index (χ0) is 22.3. The van der Waals surface area contributed by atoms with Gasteiger partial charge in [0.25, 0.3) is 0 Å². The van der Waals surface area contributed by atoms with Crippen LogP contribution in [0.15, 0.2) is 91.0 Å². The number of anilines is 3. The van der Waals surface area contributed by atoms with Gasteiger partial charge < -0.3 is 10.6 Å². The van der Waals surface area contributed by atoms with Crippen molar-refractivity contribution in [2.45, 2.75) is 26.2 Å². The topological polar surface area (TPSA) is 66.9 Å². The Kier molecular flexibility index (Phi) is 6.56. The maximum atomic E-state index is 12.9. The first-order valence-electron chi connectivity index (χ1n) is 10.7. The van der Waals surface area contributed by atoms with Crippen LogP contribution in [0.25, 0.3) is 0 Å². The maximum Gasteiger partial charge on any atom is 0.227 e. The molecule has 4 aromatic rings. The van der Waals surface area contributed by atoms with E-state index in [0.717, 1.165) is 33.9 Å². The Bertz CT molecular complexity index is 1120. The number of carbonyl (C=O) groups excluding carboxylic acids is 1. The molecule has 1 amide bonds. The molecule has 0 saturated carbocycles. The highest BCUT2D eigenvalue weighted by Gasteiger charge is 2.18. The van der Waals surface area contributed by atoms with Gasteiger partial charge in [0.15, 0.2) is 0 Å². The fraction of sp³-hybridized carbons (Fsp3) is 0.148. The molecule has 0 aliphatic rings. The van der Waals surface area contributed by atoms with Crippen LogP contribution < -0.4 is 10.6 Å². The van der Waals surface area contributed by atoms with E-state index in [0.29, 0.717) is 12.4 Å². The normalized spacial score (nSPS) is 10.7. The number of nitrogens with one attached hydrogen (secondary N) is 2. The van der Waals surface area contributed by atoms with Gasteiger partial charge in [-0.05, 0) is 55.3 Å². The molecule has 1 heterocycles. The van der Waals surface area contributed by atoms with E-state index < -0.39 is 0 Å². The maximum absolute atomic E-state index is 12.9. The van der Waals surface area contributed by atoms with Gasteiger partial charge in [-0.25, -0.2) is 9.97 Å². The van der Waals surface area contributed by atoms with Crippen LogP contribution in [0.5, 0.6) is 0 Å². The molecule has 0 fully saturated rings. The summed E-state index contributed by atoms with van der Waals surface area (Å²) in [6.45, 7) is 3.88. The molecule has 5 nitrogen and oxygen atoms in total. The lowest BCUT2D eigenvalue weighted by Crippen LogP contribution is -2.16. The highest BCUT2D eigenvalue weighted by atomic mass is 16.1. The predicted molar refractivity (Wildman–Crippen MR) is 129 cm³/mol. The van der Waals surface area contributed by atoms with E-state index >= 15 is 0 Å². The van der Waals surface area contributed by atoms with Gasteiger partial charge in [0.1, 0.15) is 0 Å². The molecule has 0 unspecified atom stereocenters. The highest BCUT2D eigenvalue weighted by molar-refractivity contribution is 5.91. The van der Waals surface area contributed by atoms with Gasteiger partial charge >= 0.3 is 0 Å². The fourth-order valence-corrected chi connectivity index (χ4v) is 3.74. The number of carbonyl (C=O) groups is 1. The van der Waals surface area contributed by atoms with Crippen molar-refractivity contribution in [1.29, 1.82) is 0 Å². The molecule has 0 saturated heterocycles. The van der Waals surface area contributed by atoms with E-state index in [2.05, 4.69) is 44.9 Å². The third-order valence-corrected chi connectivity index (χ3v) is 5.20. The van der Waals surface area contributed by atoms with Crippen LogP contribution in [0, 0.1) is 13.8 Å². The third-order valence-electron chi connectivity index (χ3n) is 5.20. The molecule has 0 spiro atoms. The van der Waals surface area contributed by atoms with Gasteiger partial charge in [-0.3, -0.25) is 4.79 Å². The van der Waals surface area contributed by atoms with Crippen LogP contribution in [-0.4, -0.2) is 15.9 Å². The van der Waals surface area contributed by atoms with Crippen LogP contribution in [0.4, 0.5) is 17.3 Å². The van der Waals surface area contributed by atoms with Crippen molar-refractivity contribution in [2.24, 2.45) is 0 Å². The average molecular weight is 423 g/mol. The molecule has 0 aliphatic heterocycles. The molecule has 0 radical (unpaired) electrons. The first kappa shape index (κ1) is 21.2. The van der Waals surface area contributed by atoms with Crippen molar-refractivity contribution in [3.8, 4) is 0 Å². The average Bonchev–Trinajstić information content (AvgIpc) is 2.79. The second-order valence-electron chi connectivity index (χ2n) is 7.80. The van der Waals surface area contributed by atoms with Crippen molar-refractivity contribution in [1.82, 2.24) is 9.97 Å². The molecule has 0 bridgehead atoms. The number of hydrogen-bond donors (Lipinski definition) is 2. The van der Waals surface area contributed by atoms with E-state index in [4.69, 9.17) is 0 Å². The van der Waals surface area contributed by atoms with Crippen LogP contribution >= 0.6 is 0 Å². The van der Waals surface area contributed by atoms with E-state index in [1.54, 1.807) is 0 Å². The van der Waals surface area contributed by atoms with E-state index in [-0.39, 0.29) is 11.8 Å². The molecule has 0 atom stereocenters. The van der Waals surface area contributed by atoms with Gasteiger partial charge in [0.2, 0.25) is 11.9 Å². The Hall–Kier alpha value is -3.99. The van der Waals surface area contributed by atoms with Crippen LogP contribution in [0.1, 0.15) is 34.9 Å². The van der Waals surface area contributed by atoms with Gasteiger partial charge in [-0.2, -0.15) is 0 Å². The third kappa shape index (κ3) is 5.58. The zero-order valence-electron chi connectivity index (χ0n) is 18.2. The lowest BCUT2D eigenvalue weighted by molar-refractivity contribution is -0.116. The number of amides is 1. The summed E-state index contributed by atoms with van der Waals surface area (Å²) < 4.78 is 0. The largest absolute Gasteiger partial charge is 0.326 e. The highest BCUT2D eigenvalue weighted by Crippen LogP contribution is 2.28. The van der Waals surface area contributed by atoms with Crippen molar-refractivity contribution >= 4 is 23.2 Å². The molecule has 4 rings (SSSR count). The summed E-state index contributed by atoms with van der Waals surface area (Å²) in [5, 5.41) is 6.23. The Morgan fingerprint density at radius 3 is 1.78 bits per heavy atom. The van der Waals surface area contributed by atoms with Crippen molar-refractivity contribution in [3.63, 3.8) is 0 Å². The summed E-state index contributed by atoms with van der Waals surface area (Å²) in [6, 6.07) is 29.8. The molecular formula is C27H26N4O. The van der Waals surface area contributed by atoms with E-state index in [1.165, 1.54) is 0 Å². The molecular weight excluding hydrogens is 396 g/mol. The minimum absolute atomic E-state index is 0.0000450. The number of nitrogens with zero attached hydrogens (tertiary/aromatic N) is 2. The van der Waals surface area contributed by atoms with Gasteiger partial charge in [0, 0.05) is 35.1 Å². The van der Waals surface area contributed by atoms with E-state index in [9.17, 15) is 4.79 Å². The Balaban J connectivity index is 1.43. The number of hydrogen-bond acceptors (Lipinski definition) is 4. The lowest BCUT2D eigenvalue weighted by atomic mass is 9.88. The summed E-state index contributed by atoms with van der Waals surface area (Å²) in [5.74, 6) is 0.536. The SMILES string of the molecule is Cc1cc(C)nc(Nc2ccc(NC(=O)CC(c3ccccc3)c3ccccc3)cc2)n1. The first-order chi connectivity index (χ1) is 15.6. The summed E-state index contributed by atoms with van der Waals surface area (Å²) in [4.78, 5) is 21.7. The second-order valence-corrected chi connectivity index (χ2v) is 7.80. The van der Waals surface area contributed by atoms with Crippen LogP contribution in [0.2, 0.25) is 0 Å². The van der Waals surface area contributed by atoms with Crippen LogP contribution in [0.3, 0.4) is 0 Å². The van der Waals surface area contributed by atoms with Crippen molar-refractivity contribution in [2.75, 3.05) is 10.6 Å². The molecule has 160 valence electrons. The molecule has 5 heteroatoms. The zero-order valence-corrected chi connectivity index (χ0v) is 18.2. The van der Waals surface area contributed by atoms with Crippen LogP contribution in [-0.2, 0) is 4.79 Å². The first-order valence-corrected chi connectivity index (χ1v) is 10.7. The molecule has 1 aromatic heterocycles. The summed E-state index contributed by atoms with van der Waals surface area (Å²) in [7, 11) is 0. The minimum atomic E-state index is -0.0268. The number of rotatable bonds is 7. The smallest absolute Gasteiger partial charge is 0.227 e. The summed E-state index contributed by atoms with van der Waals surface area (Å²) in [6.07, 6.45) is 0.366. The van der Waals surface area contributed by atoms with Gasteiger partial charge in [-0.15, -0.1) is 0 Å². The Morgan fingerprint density at radius 1 is 0.750 bits per heavy atom. The lowest BCUT2D eigenvalue weighted by Gasteiger charge is -2.18. The molecule has 3 aromatic carbocycles. The standard InChI is InChI=1S/C27H26N4O/c1-19-17-20(2)29-27(28-19)31-24-15-13-23(14-16-24)30-26(32)18-25(21-9-5-3-6-10-21)22-11-7-4-8-12-22/h3-17,25H,18H2,1-2H3,(H,30,32)(H,28,29,31). The second kappa shape index (κ2) is 9.88. The molecule has 0 aliphatic carbocycles. The summed E-state index contributed by atoms with van der Waals surface area (Å²) in [5.41, 5.74) is 5.69. The summed E-state index contributed by atoms with van der Waals surface area (Å²) >= 11 is 0. The molecule has 32 heavy (non-hydrogen) atoms. The number of aromatic nitrogens is 2. The minimum Gasteiger partial charge on any atom is -0.326 e. The fourth-order valence-electron chi connectivity index (χ4n) is 3.74. The van der Waals surface area contributed by atoms with Crippen molar-refractivity contribution in [3.05, 3.63) is 114 Å². The number of aryl methyl sites for hydroxylation is 2. The van der Waals surface area contributed by atoms with Crippen molar-refractivity contribution < 1.29 is 4.79 Å². The quantitative estimate of drug-likeness (QED) is 0.383. The Morgan fingerprint density at radius 2 is 1.25 bits per heavy atom.